The molecule has 0 spiro atoms. The quantitative estimate of drug-likeness (QED) is 0.614. The summed E-state index contributed by atoms with van der Waals surface area (Å²) in [6.07, 6.45) is -1.50. The third-order valence-electron chi connectivity index (χ3n) is 4.45. The molecular formula is C20H17FN2O5S. The molecule has 0 radical (unpaired) electrons. The highest BCUT2D eigenvalue weighted by Crippen LogP contribution is 2.33. The number of esters is 1. The number of methoxy groups -OCH3 is 1. The van der Waals surface area contributed by atoms with E-state index in [1.165, 1.54) is 29.9 Å². The highest BCUT2D eigenvalue weighted by Gasteiger charge is 2.34. The number of thiazole rings is 1. The van der Waals surface area contributed by atoms with Gasteiger partial charge in [0.15, 0.2) is 16.3 Å². The topological polar surface area (TPSA) is 79.1 Å². The fourth-order valence-corrected chi connectivity index (χ4v) is 4.09. The second-order valence-corrected chi connectivity index (χ2v) is 7.43. The van der Waals surface area contributed by atoms with E-state index in [1.54, 1.807) is 25.1 Å². The van der Waals surface area contributed by atoms with Gasteiger partial charge in [0.05, 0.1) is 17.3 Å². The van der Waals surface area contributed by atoms with Crippen LogP contribution in [0.1, 0.15) is 6.92 Å². The highest BCUT2D eigenvalue weighted by atomic mass is 32.1. The maximum atomic E-state index is 13.6. The average Bonchev–Trinajstić information content (AvgIpc) is 3.03. The van der Waals surface area contributed by atoms with Crippen LogP contribution in [-0.4, -0.2) is 35.8 Å². The van der Waals surface area contributed by atoms with E-state index in [2.05, 4.69) is 4.99 Å². The fraction of sp³-hybridized carbons (Fsp3) is 0.250. The molecule has 3 aromatic rings. The minimum Gasteiger partial charge on any atom is -0.482 e. The Morgan fingerprint density at radius 3 is 2.66 bits per heavy atom. The van der Waals surface area contributed by atoms with Crippen LogP contribution in [0.3, 0.4) is 0 Å². The smallest absolute Gasteiger partial charge is 0.325 e. The standard InChI is InChI=1S/C20H17FN2O5S/c1-11-18(28-15-6-4-3-5-14(15)27-11)19(25)22-20-23(10-17(24)26-2)13-8-7-12(21)9-16(13)29-20/h3-9,11,18H,10H2,1-2H3. The van der Waals surface area contributed by atoms with Crippen LogP contribution in [-0.2, 0) is 20.9 Å². The zero-order valence-electron chi connectivity index (χ0n) is 15.6. The lowest BCUT2D eigenvalue weighted by atomic mass is 10.1. The van der Waals surface area contributed by atoms with Gasteiger partial charge in [0, 0.05) is 0 Å². The van der Waals surface area contributed by atoms with Gasteiger partial charge < -0.3 is 18.8 Å². The van der Waals surface area contributed by atoms with Gasteiger partial charge in [-0.1, -0.05) is 23.5 Å². The predicted octanol–water partition coefficient (Wildman–Crippen LogP) is 2.67. The minimum atomic E-state index is -0.946. The lowest BCUT2D eigenvalue weighted by molar-refractivity contribution is -0.141. The summed E-state index contributed by atoms with van der Waals surface area (Å²) in [7, 11) is 1.27. The SMILES string of the molecule is COC(=O)Cn1c(=NC(=O)C2Oc3ccccc3OC2C)sc2cc(F)ccc21. The van der Waals surface area contributed by atoms with Crippen molar-refractivity contribution in [1.82, 2.24) is 4.57 Å². The van der Waals surface area contributed by atoms with E-state index in [0.29, 0.717) is 21.7 Å². The Kier molecular flexibility index (Phi) is 5.06. The van der Waals surface area contributed by atoms with Gasteiger partial charge in [-0.3, -0.25) is 9.59 Å². The number of amides is 1. The van der Waals surface area contributed by atoms with Crippen molar-refractivity contribution in [2.45, 2.75) is 25.7 Å². The zero-order chi connectivity index (χ0) is 20.5. The van der Waals surface area contributed by atoms with Gasteiger partial charge in [-0.15, -0.1) is 0 Å². The molecule has 1 aliphatic rings. The summed E-state index contributed by atoms with van der Waals surface area (Å²) in [5.41, 5.74) is 0.576. The maximum Gasteiger partial charge on any atom is 0.325 e. The van der Waals surface area contributed by atoms with Gasteiger partial charge in [0.2, 0.25) is 6.10 Å². The second kappa shape index (κ2) is 7.67. The van der Waals surface area contributed by atoms with Gasteiger partial charge in [-0.2, -0.15) is 4.99 Å². The summed E-state index contributed by atoms with van der Waals surface area (Å²) in [5.74, 6) is -0.474. The number of carbonyl (C=O) groups excluding carboxylic acids is 2. The monoisotopic (exact) mass is 416 g/mol. The van der Waals surface area contributed by atoms with Crippen LogP contribution in [0.2, 0.25) is 0 Å². The van der Waals surface area contributed by atoms with Crippen LogP contribution in [0.5, 0.6) is 11.5 Å². The van der Waals surface area contributed by atoms with Crippen molar-refractivity contribution in [3.05, 3.63) is 53.1 Å². The molecule has 0 saturated heterocycles. The molecule has 150 valence electrons. The molecular weight excluding hydrogens is 399 g/mol. The second-order valence-electron chi connectivity index (χ2n) is 6.42. The first kappa shape index (κ1) is 19.1. The van der Waals surface area contributed by atoms with Crippen LogP contribution in [0.25, 0.3) is 10.2 Å². The third-order valence-corrected chi connectivity index (χ3v) is 5.49. The number of hydrogen-bond donors (Lipinski definition) is 0. The third kappa shape index (κ3) is 3.73. The van der Waals surface area contributed by atoms with Crippen molar-refractivity contribution in [3.8, 4) is 11.5 Å². The first-order valence-corrected chi connectivity index (χ1v) is 9.64. The number of benzene rings is 2. The Bertz CT molecular complexity index is 1170. The number of halogens is 1. The van der Waals surface area contributed by atoms with Crippen LogP contribution in [0, 0.1) is 5.82 Å². The molecule has 9 heteroatoms. The number of ether oxygens (including phenoxy) is 3. The van der Waals surface area contributed by atoms with Gasteiger partial charge in [0.1, 0.15) is 18.5 Å². The molecule has 2 unspecified atom stereocenters. The van der Waals surface area contributed by atoms with E-state index in [-0.39, 0.29) is 11.3 Å². The van der Waals surface area contributed by atoms with E-state index in [0.717, 1.165) is 11.3 Å². The molecule has 0 fully saturated rings. The van der Waals surface area contributed by atoms with Crippen molar-refractivity contribution in [3.63, 3.8) is 0 Å². The summed E-state index contributed by atoms with van der Waals surface area (Å²) in [4.78, 5) is 29.1. The van der Waals surface area contributed by atoms with Gasteiger partial charge in [0.25, 0.3) is 5.91 Å². The van der Waals surface area contributed by atoms with E-state index < -0.39 is 29.9 Å². The first-order chi connectivity index (χ1) is 14.0. The Labute approximate surface area is 169 Å². The number of hydrogen-bond acceptors (Lipinski definition) is 6. The largest absolute Gasteiger partial charge is 0.482 e. The van der Waals surface area contributed by atoms with Crippen LogP contribution < -0.4 is 14.3 Å². The van der Waals surface area contributed by atoms with Crippen molar-refractivity contribution < 1.29 is 28.2 Å². The summed E-state index contributed by atoms with van der Waals surface area (Å²) in [6.45, 7) is 1.56. The average molecular weight is 416 g/mol. The number of carbonyl (C=O) groups is 2. The van der Waals surface area contributed by atoms with Gasteiger partial charge in [-0.05, 0) is 37.3 Å². The van der Waals surface area contributed by atoms with Crippen molar-refractivity contribution in [2.24, 2.45) is 4.99 Å². The molecule has 7 nitrogen and oxygen atoms in total. The molecule has 1 aromatic heterocycles. The van der Waals surface area contributed by atoms with E-state index in [4.69, 9.17) is 14.2 Å². The molecule has 1 amide bonds. The number of para-hydroxylation sites is 2. The lowest BCUT2D eigenvalue weighted by Crippen LogP contribution is -2.43. The van der Waals surface area contributed by atoms with Crippen molar-refractivity contribution >= 4 is 33.4 Å². The molecule has 0 saturated carbocycles. The Morgan fingerprint density at radius 1 is 1.21 bits per heavy atom. The number of rotatable bonds is 3. The molecule has 0 bridgehead atoms. The van der Waals surface area contributed by atoms with Crippen LogP contribution in [0.4, 0.5) is 4.39 Å². The normalized spacial score (nSPS) is 18.7. The maximum absolute atomic E-state index is 13.6. The van der Waals surface area contributed by atoms with E-state index in [9.17, 15) is 14.0 Å². The molecule has 2 heterocycles. The number of fused-ring (bicyclic) bond motifs is 2. The molecule has 4 rings (SSSR count). The number of nitrogens with zero attached hydrogens (tertiary/aromatic N) is 2. The minimum absolute atomic E-state index is 0.158. The molecule has 2 atom stereocenters. The van der Waals surface area contributed by atoms with Crippen molar-refractivity contribution in [1.29, 1.82) is 0 Å². The molecule has 2 aromatic carbocycles. The molecule has 1 aliphatic heterocycles. The van der Waals surface area contributed by atoms with Gasteiger partial charge in [-0.25, -0.2) is 4.39 Å². The van der Waals surface area contributed by atoms with E-state index >= 15 is 0 Å². The van der Waals surface area contributed by atoms with Crippen LogP contribution in [0.15, 0.2) is 47.5 Å². The Balaban J connectivity index is 1.74. The summed E-state index contributed by atoms with van der Waals surface area (Å²) in [5, 5.41) is 0. The predicted molar refractivity (Wildman–Crippen MR) is 103 cm³/mol. The number of aromatic nitrogens is 1. The van der Waals surface area contributed by atoms with Crippen LogP contribution >= 0.6 is 11.3 Å². The summed E-state index contributed by atoms with van der Waals surface area (Å²) in [6, 6.07) is 11.2. The Morgan fingerprint density at radius 2 is 1.93 bits per heavy atom. The summed E-state index contributed by atoms with van der Waals surface area (Å²) < 4.78 is 32.0. The Hall–Kier alpha value is -3.20. The summed E-state index contributed by atoms with van der Waals surface area (Å²) >= 11 is 1.10. The molecule has 0 aliphatic carbocycles. The fourth-order valence-electron chi connectivity index (χ4n) is 3.03. The van der Waals surface area contributed by atoms with Crippen molar-refractivity contribution in [2.75, 3.05) is 7.11 Å². The highest BCUT2D eigenvalue weighted by molar-refractivity contribution is 7.16. The molecule has 29 heavy (non-hydrogen) atoms. The first-order valence-electron chi connectivity index (χ1n) is 8.83. The lowest BCUT2D eigenvalue weighted by Gasteiger charge is -2.29. The zero-order valence-corrected chi connectivity index (χ0v) is 16.4. The van der Waals surface area contributed by atoms with Gasteiger partial charge >= 0.3 is 5.97 Å². The van der Waals surface area contributed by atoms with E-state index in [1.807, 2.05) is 6.07 Å². The molecule has 0 N–H and O–H groups in total.